The number of nitrogens with zero attached hydrogens (tertiary/aromatic N) is 2. The number of hydrogen-bond acceptors (Lipinski definition) is 3. The van der Waals surface area contributed by atoms with Gasteiger partial charge in [0.05, 0.1) is 19.5 Å². The van der Waals surface area contributed by atoms with Gasteiger partial charge in [-0.25, -0.2) is 0 Å². The van der Waals surface area contributed by atoms with Gasteiger partial charge in [-0.3, -0.25) is 0 Å². The van der Waals surface area contributed by atoms with Crippen LogP contribution in [-0.4, -0.2) is 25.2 Å². The molecule has 0 saturated carbocycles. The molecule has 1 aliphatic rings. The van der Waals surface area contributed by atoms with Crippen LogP contribution >= 0.6 is 0 Å². The molecule has 2 rings (SSSR count). The molecule has 27 heavy (non-hydrogen) atoms. The second-order valence-corrected chi connectivity index (χ2v) is 7.78. The molecule has 0 fully saturated rings. The van der Waals surface area contributed by atoms with E-state index in [0.717, 1.165) is 24.7 Å². The molecule has 1 heterocycles. The van der Waals surface area contributed by atoms with E-state index in [1.165, 1.54) is 77.0 Å². The minimum absolute atomic E-state index is 0.929. The highest BCUT2D eigenvalue weighted by Gasteiger charge is 2.16. The molecule has 0 amide bonds. The first kappa shape index (κ1) is 21.7. The van der Waals surface area contributed by atoms with Crippen LogP contribution in [0.3, 0.4) is 0 Å². The van der Waals surface area contributed by atoms with E-state index >= 15 is 0 Å². The zero-order chi connectivity index (χ0) is 19.2. The molecule has 0 N–H and O–H groups in total. The summed E-state index contributed by atoms with van der Waals surface area (Å²) in [5.74, 6) is 0.939. The van der Waals surface area contributed by atoms with Crippen molar-refractivity contribution in [3.8, 4) is 5.75 Å². The van der Waals surface area contributed by atoms with Crippen molar-refractivity contribution < 1.29 is 4.74 Å². The van der Waals surface area contributed by atoms with E-state index in [-0.39, 0.29) is 0 Å². The molecular formula is C24H40N2O. The lowest BCUT2D eigenvalue weighted by molar-refractivity contribution is 0.383. The van der Waals surface area contributed by atoms with Gasteiger partial charge in [-0.1, -0.05) is 89.7 Å². The van der Waals surface area contributed by atoms with Crippen molar-refractivity contribution in [3.05, 3.63) is 36.7 Å². The monoisotopic (exact) mass is 372 g/mol. The fourth-order valence-corrected chi connectivity index (χ4v) is 3.79. The number of anilines is 1. The number of para-hydroxylation sites is 2. The minimum atomic E-state index is 0.929. The van der Waals surface area contributed by atoms with Gasteiger partial charge in [0.15, 0.2) is 0 Å². The molecule has 1 aliphatic heterocycles. The van der Waals surface area contributed by atoms with E-state index in [9.17, 15) is 0 Å². The number of ether oxygens (including phenoxy) is 1. The number of unbranched alkanes of at least 4 members (excludes halogenated alkanes) is 11. The van der Waals surface area contributed by atoms with E-state index < -0.39 is 0 Å². The molecule has 1 aromatic carbocycles. The average molecular weight is 373 g/mol. The van der Waals surface area contributed by atoms with Gasteiger partial charge >= 0.3 is 0 Å². The highest BCUT2D eigenvalue weighted by Crippen LogP contribution is 2.29. The molecule has 0 saturated heterocycles. The molecule has 0 unspecified atom stereocenters. The first-order valence-corrected chi connectivity index (χ1v) is 11.2. The van der Waals surface area contributed by atoms with Crippen LogP contribution in [0.4, 0.5) is 5.69 Å². The summed E-state index contributed by atoms with van der Waals surface area (Å²) in [6.07, 6.45) is 21.3. The Kier molecular flexibility index (Phi) is 10.8. The standard InChI is InChI=1S/C24H40N2O/c1-3-4-5-6-7-8-9-10-11-12-13-16-19-25-20-21-26(22-25)23-17-14-15-18-24(23)27-2/h14-15,17-18,20-21H,3-13,16,19,22H2,1-2H3. The molecule has 0 bridgehead atoms. The molecule has 0 radical (unpaired) electrons. The van der Waals surface area contributed by atoms with Gasteiger partial charge in [0.2, 0.25) is 0 Å². The van der Waals surface area contributed by atoms with Gasteiger partial charge in [0.1, 0.15) is 5.75 Å². The Bertz CT molecular complexity index is 529. The van der Waals surface area contributed by atoms with Crippen LogP contribution in [0.5, 0.6) is 5.75 Å². The predicted molar refractivity (Wildman–Crippen MR) is 117 cm³/mol. The molecule has 0 aromatic heterocycles. The first-order valence-electron chi connectivity index (χ1n) is 11.2. The average Bonchev–Trinajstić information content (AvgIpc) is 3.17. The van der Waals surface area contributed by atoms with Crippen LogP contribution in [0.15, 0.2) is 36.7 Å². The molecule has 3 nitrogen and oxygen atoms in total. The van der Waals surface area contributed by atoms with E-state index in [4.69, 9.17) is 4.74 Å². The van der Waals surface area contributed by atoms with E-state index in [0.29, 0.717) is 0 Å². The summed E-state index contributed by atoms with van der Waals surface area (Å²) in [7, 11) is 1.74. The summed E-state index contributed by atoms with van der Waals surface area (Å²) in [4.78, 5) is 4.67. The van der Waals surface area contributed by atoms with Crippen molar-refractivity contribution in [3.63, 3.8) is 0 Å². The van der Waals surface area contributed by atoms with Crippen molar-refractivity contribution in [2.75, 3.05) is 25.2 Å². The van der Waals surface area contributed by atoms with Crippen LogP contribution in [0.1, 0.15) is 84.0 Å². The largest absolute Gasteiger partial charge is 0.495 e. The minimum Gasteiger partial charge on any atom is -0.495 e. The first-order chi connectivity index (χ1) is 13.3. The lowest BCUT2D eigenvalue weighted by atomic mass is 10.1. The summed E-state index contributed by atoms with van der Waals surface area (Å²) in [5, 5.41) is 0. The van der Waals surface area contributed by atoms with E-state index in [2.05, 4.69) is 41.3 Å². The quantitative estimate of drug-likeness (QED) is 0.310. The van der Waals surface area contributed by atoms with Crippen molar-refractivity contribution in [1.82, 2.24) is 4.90 Å². The van der Waals surface area contributed by atoms with Crippen LogP contribution in [-0.2, 0) is 0 Å². The van der Waals surface area contributed by atoms with Crippen molar-refractivity contribution in [2.45, 2.75) is 84.0 Å². The van der Waals surface area contributed by atoms with E-state index in [1.54, 1.807) is 7.11 Å². The Hall–Kier alpha value is -1.64. The summed E-state index contributed by atoms with van der Waals surface area (Å²) < 4.78 is 5.48. The summed E-state index contributed by atoms with van der Waals surface area (Å²) in [6.45, 7) is 4.37. The van der Waals surface area contributed by atoms with Gasteiger partial charge in [-0.15, -0.1) is 0 Å². The Labute approximate surface area is 167 Å². The van der Waals surface area contributed by atoms with Crippen LogP contribution in [0.2, 0.25) is 0 Å². The molecule has 1 aromatic rings. The van der Waals surface area contributed by atoms with Gasteiger partial charge in [-0.05, 0) is 18.6 Å². The summed E-state index contributed by atoms with van der Waals surface area (Å²) in [5.41, 5.74) is 1.15. The summed E-state index contributed by atoms with van der Waals surface area (Å²) >= 11 is 0. The van der Waals surface area contributed by atoms with Crippen molar-refractivity contribution in [2.24, 2.45) is 0 Å². The second-order valence-electron chi connectivity index (χ2n) is 7.78. The van der Waals surface area contributed by atoms with Gasteiger partial charge < -0.3 is 14.5 Å². The molecule has 0 aliphatic carbocycles. The Morgan fingerprint density at radius 3 is 2.00 bits per heavy atom. The lowest BCUT2D eigenvalue weighted by Crippen LogP contribution is -2.26. The molecular weight excluding hydrogens is 332 g/mol. The maximum absolute atomic E-state index is 5.48. The normalized spacial score (nSPS) is 13.6. The smallest absolute Gasteiger partial charge is 0.142 e. The fourth-order valence-electron chi connectivity index (χ4n) is 3.79. The molecule has 3 heteroatoms. The van der Waals surface area contributed by atoms with Crippen LogP contribution < -0.4 is 9.64 Å². The number of benzene rings is 1. The fraction of sp³-hybridized carbons (Fsp3) is 0.667. The molecule has 152 valence electrons. The predicted octanol–water partition coefficient (Wildman–Crippen LogP) is 6.95. The zero-order valence-electron chi connectivity index (χ0n) is 17.7. The third-order valence-corrected chi connectivity index (χ3v) is 5.48. The third kappa shape index (κ3) is 8.28. The Morgan fingerprint density at radius 2 is 1.37 bits per heavy atom. The topological polar surface area (TPSA) is 15.7 Å². The number of methoxy groups -OCH3 is 1. The number of hydrogen-bond donors (Lipinski definition) is 0. The lowest BCUT2D eigenvalue weighted by Gasteiger charge is -2.22. The van der Waals surface area contributed by atoms with Crippen LogP contribution in [0, 0.1) is 0 Å². The van der Waals surface area contributed by atoms with Crippen molar-refractivity contribution in [1.29, 1.82) is 0 Å². The summed E-state index contributed by atoms with van der Waals surface area (Å²) in [6, 6.07) is 8.24. The molecule has 0 atom stereocenters. The maximum Gasteiger partial charge on any atom is 0.142 e. The van der Waals surface area contributed by atoms with Gasteiger partial charge in [0.25, 0.3) is 0 Å². The van der Waals surface area contributed by atoms with Gasteiger partial charge in [-0.2, -0.15) is 0 Å². The van der Waals surface area contributed by atoms with Crippen LogP contribution in [0.25, 0.3) is 0 Å². The Morgan fingerprint density at radius 1 is 0.778 bits per heavy atom. The second kappa shape index (κ2) is 13.5. The number of rotatable bonds is 15. The third-order valence-electron chi connectivity index (χ3n) is 5.48. The Balaban J connectivity index is 1.46. The SMILES string of the molecule is CCCCCCCCCCCCCCN1C=CN(c2ccccc2OC)C1. The van der Waals surface area contributed by atoms with E-state index in [1.807, 2.05) is 12.1 Å². The maximum atomic E-state index is 5.48. The zero-order valence-corrected chi connectivity index (χ0v) is 17.7. The highest BCUT2D eigenvalue weighted by atomic mass is 16.5. The van der Waals surface area contributed by atoms with Gasteiger partial charge in [0, 0.05) is 18.9 Å². The highest BCUT2D eigenvalue weighted by molar-refractivity contribution is 5.60. The van der Waals surface area contributed by atoms with Crippen molar-refractivity contribution >= 4 is 5.69 Å². The molecule has 0 spiro atoms.